The fourth-order valence-electron chi connectivity index (χ4n) is 2.68. The largest absolute Gasteiger partial charge is 0.494 e. The molecular weight excluding hydrogens is 313 g/mol. The van der Waals surface area contributed by atoms with Gasteiger partial charge in [0.25, 0.3) is 0 Å². The summed E-state index contributed by atoms with van der Waals surface area (Å²) in [5.41, 5.74) is 0.600. The van der Waals surface area contributed by atoms with Crippen LogP contribution in [0.1, 0.15) is 43.2 Å². The van der Waals surface area contributed by atoms with Gasteiger partial charge < -0.3 is 13.9 Å². The maximum atomic E-state index is 14.3. The van der Waals surface area contributed by atoms with Crippen LogP contribution >= 0.6 is 0 Å². The SMILES string of the molecule is COc1cccc(CN2CCOC(c3nnc(C(C)C)o3)C2)c1F. The lowest BCUT2D eigenvalue weighted by molar-refractivity contribution is -0.0461. The fourth-order valence-corrected chi connectivity index (χ4v) is 2.68. The molecule has 1 aliphatic heterocycles. The van der Waals surface area contributed by atoms with E-state index < -0.39 is 0 Å². The molecule has 1 atom stereocenters. The highest BCUT2D eigenvalue weighted by Gasteiger charge is 2.27. The van der Waals surface area contributed by atoms with Crippen molar-refractivity contribution in [3.05, 3.63) is 41.4 Å². The molecule has 1 aromatic heterocycles. The van der Waals surface area contributed by atoms with E-state index in [0.29, 0.717) is 37.0 Å². The number of benzene rings is 1. The van der Waals surface area contributed by atoms with Gasteiger partial charge in [0.2, 0.25) is 11.8 Å². The Bertz CT molecular complexity index is 689. The Kier molecular flexibility index (Phi) is 5.11. The number of morpholine rings is 1. The van der Waals surface area contributed by atoms with Crippen molar-refractivity contribution in [1.82, 2.24) is 15.1 Å². The minimum Gasteiger partial charge on any atom is -0.494 e. The molecular formula is C17H22FN3O3. The molecule has 24 heavy (non-hydrogen) atoms. The molecule has 0 radical (unpaired) electrons. The summed E-state index contributed by atoms with van der Waals surface area (Å²) in [6.45, 7) is 6.31. The van der Waals surface area contributed by atoms with E-state index in [4.69, 9.17) is 13.9 Å². The Morgan fingerprint density at radius 2 is 2.21 bits per heavy atom. The number of ether oxygens (including phenoxy) is 2. The Balaban J connectivity index is 1.69. The fraction of sp³-hybridized carbons (Fsp3) is 0.529. The molecule has 6 nitrogen and oxygen atoms in total. The minimum absolute atomic E-state index is 0.178. The zero-order valence-electron chi connectivity index (χ0n) is 14.2. The van der Waals surface area contributed by atoms with Crippen LogP contribution in [0.5, 0.6) is 5.75 Å². The Morgan fingerprint density at radius 1 is 1.38 bits per heavy atom. The zero-order chi connectivity index (χ0) is 17.1. The Morgan fingerprint density at radius 3 is 2.92 bits per heavy atom. The number of nitrogens with zero attached hydrogens (tertiary/aromatic N) is 3. The van der Waals surface area contributed by atoms with Gasteiger partial charge in [0.05, 0.1) is 13.7 Å². The van der Waals surface area contributed by atoms with Crippen LogP contribution < -0.4 is 4.74 Å². The summed E-state index contributed by atoms with van der Waals surface area (Å²) in [6, 6.07) is 5.18. The van der Waals surface area contributed by atoms with Gasteiger partial charge in [-0.3, -0.25) is 4.90 Å². The van der Waals surface area contributed by atoms with Gasteiger partial charge in [-0.2, -0.15) is 0 Å². The molecule has 1 unspecified atom stereocenters. The highest BCUT2D eigenvalue weighted by molar-refractivity contribution is 5.31. The first kappa shape index (κ1) is 16.9. The van der Waals surface area contributed by atoms with Crippen LogP contribution in [0.25, 0.3) is 0 Å². The highest BCUT2D eigenvalue weighted by Crippen LogP contribution is 2.26. The van der Waals surface area contributed by atoms with Crippen LogP contribution in [-0.4, -0.2) is 41.9 Å². The van der Waals surface area contributed by atoms with Crippen molar-refractivity contribution < 1.29 is 18.3 Å². The molecule has 0 saturated carbocycles. The minimum atomic E-state index is -0.317. The van der Waals surface area contributed by atoms with E-state index in [9.17, 15) is 4.39 Å². The Labute approximate surface area is 140 Å². The third-order valence-electron chi connectivity index (χ3n) is 4.03. The van der Waals surface area contributed by atoms with E-state index >= 15 is 0 Å². The molecule has 2 aromatic rings. The Hall–Kier alpha value is -1.99. The lowest BCUT2D eigenvalue weighted by Crippen LogP contribution is -2.38. The van der Waals surface area contributed by atoms with Crippen LogP contribution in [0, 0.1) is 5.82 Å². The predicted octanol–water partition coefficient (Wildman–Crippen LogP) is 2.91. The predicted molar refractivity (Wildman–Crippen MR) is 85.3 cm³/mol. The molecule has 0 aliphatic carbocycles. The number of aromatic nitrogens is 2. The summed E-state index contributed by atoms with van der Waals surface area (Å²) in [4.78, 5) is 2.12. The topological polar surface area (TPSA) is 60.6 Å². The molecule has 1 aromatic carbocycles. The maximum absolute atomic E-state index is 14.3. The molecule has 1 fully saturated rings. The average molecular weight is 335 g/mol. The summed E-state index contributed by atoms with van der Waals surface area (Å²) in [5.74, 6) is 1.20. The summed E-state index contributed by atoms with van der Waals surface area (Å²) in [7, 11) is 1.47. The van der Waals surface area contributed by atoms with Gasteiger partial charge in [-0.05, 0) is 6.07 Å². The van der Waals surface area contributed by atoms with Crippen molar-refractivity contribution in [1.29, 1.82) is 0 Å². The van der Waals surface area contributed by atoms with Crippen molar-refractivity contribution in [2.24, 2.45) is 0 Å². The van der Waals surface area contributed by atoms with Gasteiger partial charge in [-0.25, -0.2) is 4.39 Å². The number of methoxy groups -OCH3 is 1. The van der Waals surface area contributed by atoms with E-state index in [1.54, 1.807) is 18.2 Å². The van der Waals surface area contributed by atoms with E-state index in [-0.39, 0.29) is 23.6 Å². The highest BCUT2D eigenvalue weighted by atomic mass is 19.1. The third kappa shape index (κ3) is 3.57. The molecule has 1 saturated heterocycles. The van der Waals surface area contributed by atoms with Crippen LogP contribution in [0.4, 0.5) is 4.39 Å². The standard InChI is InChI=1S/C17H22FN3O3/c1-11(2)16-19-20-17(24-16)14-10-21(7-8-23-14)9-12-5-4-6-13(22-3)15(12)18/h4-6,11,14H,7-10H2,1-3H3. The van der Waals surface area contributed by atoms with Gasteiger partial charge in [0.1, 0.15) is 6.10 Å². The number of halogens is 1. The maximum Gasteiger partial charge on any atom is 0.246 e. The van der Waals surface area contributed by atoms with E-state index in [2.05, 4.69) is 15.1 Å². The van der Waals surface area contributed by atoms with E-state index in [1.807, 2.05) is 13.8 Å². The first-order valence-electron chi connectivity index (χ1n) is 8.07. The second kappa shape index (κ2) is 7.27. The smallest absolute Gasteiger partial charge is 0.246 e. The van der Waals surface area contributed by atoms with Crippen molar-refractivity contribution in [3.63, 3.8) is 0 Å². The first-order chi connectivity index (χ1) is 11.6. The second-order valence-corrected chi connectivity index (χ2v) is 6.16. The van der Waals surface area contributed by atoms with Crippen LogP contribution in [0.2, 0.25) is 0 Å². The van der Waals surface area contributed by atoms with Crippen LogP contribution in [-0.2, 0) is 11.3 Å². The molecule has 130 valence electrons. The molecule has 0 amide bonds. The summed E-state index contributed by atoms with van der Waals surface area (Å²) >= 11 is 0. The average Bonchev–Trinajstić information content (AvgIpc) is 3.07. The zero-order valence-corrected chi connectivity index (χ0v) is 14.2. The summed E-state index contributed by atoms with van der Waals surface area (Å²) in [6.07, 6.45) is -0.285. The van der Waals surface area contributed by atoms with Gasteiger partial charge in [-0.1, -0.05) is 26.0 Å². The lowest BCUT2D eigenvalue weighted by atomic mass is 10.1. The second-order valence-electron chi connectivity index (χ2n) is 6.16. The van der Waals surface area contributed by atoms with Gasteiger partial charge in [0.15, 0.2) is 11.6 Å². The molecule has 0 N–H and O–H groups in total. The molecule has 3 rings (SSSR count). The molecule has 2 heterocycles. The monoisotopic (exact) mass is 335 g/mol. The number of hydrogen-bond donors (Lipinski definition) is 0. The van der Waals surface area contributed by atoms with Crippen molar-refractivity contribution in [3.8, 4) is 5.75 Å². The number of hydrogen-bond acceptors (Lipinski definition) is 6. The summed E-state index contributed by atoms with van der Waals surface area (Å²) in [5, 5.41) is 8.13. The summed E-state index contributed by atoms with van der Waals surface area (Å²) < 4.78 is 30.8. The lowest BCUT2D eigenvalue weighted by Gasteiger charge is -2.31. The van der Waals surface area contributed by atoms with Gasteiger partial charge in [-0.15, -0.1) is 10.2 Å². The quantitative estimate of drug-likeness (QED) is 0.837. The van der Waals surface area contributed by atoms with Crippen LogP contribution in [0.3, 0.4) is 0 Å². The normalized spacial score (nSPS) is 19.0. The molecule has 7 heteroatoms. The van der Waals surface area contributed by atoms with Crippen molar-refractivity contribution in [2.75, 3.05) is 26.8 Å². The third-order valence-corrected chi connectivity index (χ3v) is 4.03. The molecule has 0 spiro atoms. The number of rotatable bonds is 5. The molecule has 0 bridgehead atoms. The van der Waals surface area contributed by atoms with Gasteiger partial charge in [0, 0.05) is 31.1 Å². The first-order valence-corrected chi connectivity index (χ1v) is 8.07. The van der Waals surface area contributed by atoms with Crippen molar-refractivity contribution >= 4 is 0 Å². The molecule has 1 aliphatic rings. The van der Waals surface area contributed by atoms with E-state index in [0.717, 1.165) is 6.54 Å². The van der Waals surface area contributed by atoms with Crippen LogP contribution in [0.15, 0.2) is 22.6 Å². The van der Waals surface area contributed by atoms with E-state index in [1.165, 1.54) is 7.11 Å². The van der Waals surface area contributed by atoms with Gasteiger partial charge >= 0.3 is 0 Å². The van der Waals surface area contributed by atoms with Crippen molar-refractivity contribution in [2.45, 2.75) is 32.4 Å².